The molecule has 0 bridgehead atoms. The van der Waals surface area contributed by atoms with E-state index in [1.165, 1.54) is 24.8 Å². The number of esters is 1. The van der Waals surface area contributed by atoms with E-state index in [1.54, 1.807) is 6.26 Å². The Morgan fingerprint density at radius 3 is 2.78 bits per heavy atom. The van der Waals surface area contributed by atoms with Crippen molar-refractivity contribution in [3.8, 4) is 17.4 Å². The SMILES string of the molecule is COC(=O)c1cccc2c3c(n(Cc4cc(C#N)ccc4-c4ccco4)c12)CCCCC3. The fourth-order valence-corrected chi connectivity index (χ4v) is 4.95. The normalized spacial score (nSPS) is 13.4. The lowest BCUT2D eigenvalue weighted by atomic mass is 10.0. The van der Waals surface area contributed by atoms with Gasteiger partial charge in [-0.2, -0.15) is 5.26 Å². The van der Waals surface area contributed by atoms with Crippen LogP contribution in [0.25, 0.3) is 22.2 Å². The number of ether oxygens (including phenoxy) is 1. The minimum Gasteiger partial charge on any atom is -0.465 e. The molecule has 0 saturated carbocycles. The van der Waals surface area contributed by atoms with Gasteiger partial charge in [-0.05, 0) is 73.2 Å². The molecule has 1 aliphatic rings. The summed E-state index contributed by atoms with van der Waals surface area (Å²) in [5.41, 5.74) is 6.65. The second kappa shape index (κ2) is 8.39. The fraction of sp³-hybridized carbons (Fsp3) is 0.259. The van der Waals surface area contributed by atoms with Gasteiger partial charge in [-0.15, -0.1) is 0 Å². The maximum Gasteiger partial charge on any atom is 0.340 e. The summed E-state index contributed by atoms with van der Waals surface area (Å²) in [5.74, 6) is 0.432. The second-order valence-corrected chi connectivity index (χ2v) is 8.23. The highest BCUT2D eigenvalue weighted by Gasteiger charge is 2.24. The van der Waals surface area contributed by atoms with Gasteiger partial charge in [0.1, 0.15) is 5.76 Å². The summed E-state index contributed by atoms with van der Waals surface area (Å²) in [6.45, 7) is 0.547. The largest absolute Gasteiger partial charge is 0.465 e. The van der Waals surface area contributed by atoms with Crippen molar-refractivity contribution in [1.29, 1.82) is 5.26 Å². The standard InChI is InChI=1S/C27H24N2O3/c1-31-27(30)23-9-5-8-22-21-7-3-2-4-10-24(21)29(26(22)23)17-19-15-18(16-28)12-13-20(19)25-11-6-14-32-25/h5-6,8-9,11-15H,2-4,7,10,17H2,1H3. The fourth-order valence-electron chi connectivity index (χ4n) is 4.95. The van der Waals surface area contributed by atoms with Crippen LogP contribution in [0.5, 0.6) is 0 Å². The Hall–Kier alpha value is -3.78. The van der Waals surface area contributed by atoms with Crippen LogP contribution in [-0.2, 0) is 24.1 Å². The van der Waals surface area contributed by atoms with Gasteiger partial charge in [0, 0.05) is 23.2 Å². The molecule has 5 nitrogen and oxygen atoms in total. The lowest BCUT2D eigenvalue weighted by Crippen LogP contribution is -2.10. The average Bonchev–Trinajstić information content (AvgIpc) is 3.38. The molecule has 32 heavy (non-hydrogen) atoms. The number of nitriles is 1. The van der Waals surface area contributed by atoms with E-state index >= 15 is 0 Å². The summed E-state index contributed by atoms with van der Waals surface area (Å²) in [6, 6.07) is 17.6. The molecule has 2 aromatic carbocycles. The van der Waals surface area contributed by atoms with Crippen LogP contribution in [0.15, 0.2) is 59.2 Å². The van der Waals surface area contributed by atoms with Crippen molar-refractivity contribution in [3.05, 3.63) is 82.7 Å². The Morgan fingerprint density at radius 1 is 1.12 bits per heavy atom. The topological polar surface area (TPSA) is 68.2 Å². The molecule has 0 atom stereocenters. The van der Waals surface area contributed by atoms with Crippen LogP contribution in [0.1, 0.15) is 52.0 Å². The van der Waals surface area contributed by atoms with E-state index in [-0.39, 0.29) is 5.97 Å². The zero-order valence-corrected chi connectivity index (χ0v) is 18.1. The van der Waals surface area contributed by atoms with Crippen LogP contribution in [-0.4, -0.2) is 17.6 Å². The molecule has 0 saturated heterocycles. The summed E-state index contributed by atoms with van der Waals surface area (Å²) in [7, 11) is 1.42. The monoisotopic (exact) mass is 424 g/mol. The van der Waals surface area contributed by atoms with Crippen LogP contribution in [0.2, 0.25) is 0 Å². The number of rotatable bonds is 4. The predicted molar refractivity (Wildman–Crippen MR) is 122 cm³/mol. The van der Waals surface area contributed by atoms with Crippen molar-refractivity contribution >= 4 is 16.9 Å². The molecular formula is C27H24N2O3. The van der Waals surface area contributed by atoms with Gasteiger partial charge in [0.15, 0.2) is 0 Å². The lowest BCUT2D eigenvalue weighted by molar-refractivity contribution is 0.0602. The van der Waals surface area contributed by atoms with Crippen LogP contribution >= 0.6 is 0 Å². The maximum atomic E-state index is 12.7. The van der Waals surface area contributed by atoms with Crippen molar-refractivity contribution < 1.29 is 13.9 Å². The van der Waals surface area contributed by atoms with E-state index in [0.717, 1.165) is 53.5 Å². The summed E-state index contributed by atoms with van der Waals surface area (Å²) >= 11 is 0. The Bertz CT molecular complexity index is 1340. The van der Waals surface area contributed by atoms with E-state index in [9.17, 15) is 10.1 Å². The maximum absolute atomic E-state index is 12.7. The van der Waals surface area contributed by atoms with Gasteiger partial charge in [0.05, 0.1) is 36.1 Å². The Morgan fingerprint density at radius 2 is 2.00 bits per heavy atom. The van der Waals surface area contributed by atoms with Crippen molar-refractivity contribution in [1.82, 2.24) is 4.57 Å². The highest BCUT2D eigenvalue weighted by atomic mass is 16.5. The van der Waals surface area contributed by atoms with E-state index in [0.29, 0.717) is 17.7 Å². The summed E-state index contributed by atoms with van der Waals surface area (Å²) < 4.78 is 13.1. The number of nitrogens with zero attached hydrogens (tertiary/aromatic N) is 2. The number of furan rings is 1. The Balaban J connectivity index is 1.76. The number of carbonyl (C=O) groups excluding carboxylic acids is 1. The van der Waals surface area contributed by atoms with E-state index in [1.807, 2.05) is 42.5 Å². The third kappa shape index (κ3) is 3.38. The quantitative estimate of drug-likeness (QED) is 0.303. The third-order valence-corrected chi connectivity index (χ3v) is 6.40. The molecule has 0 N–H and O–H groups in total. The third-order valence-electron chi connectivity index (χ3n) is 6.40. The van der Waals surface area contributed by atoms with Gasteiger partial charge in [-0.1, -0.05) is 18.6 Å². The number of carbonyl (C=O) groups is 1. The molecule has 0 radical (unpaired) electrons. The van der Waals surface area contributed by atoms with E-state index in [4.69, 9.17) is 9.15 Å². The van der Waals surface area contributed by atoms with Crippen molar-refractivity contribution in [3.63, 3.8) is 0 Å². The van der Waals surface area contributed by atoms with Gasteiger partial charge in [0.25, 0.3) is 0 Å². The van der Waals surface area contributed by atoms with E-state index in [2.05, 4.69) is 16.7 Å². The molecule has 5 rings (SSSR count). The van der Waals surface area contributed by atoms with Crippen LogP contribution in [0.4, 0.5) is 0 Å². The lowest BCUT2D eigenvalue weighted by Gasteiger charge is -2.15. The minimum absolute atomic E-state index is 0.332. The van der Waals surface area contributed by atoms with Crippen LogP contribution in [0, 0.1) is 11.3 Å². The molecule has 0 amide bonds. The molecule has 0 unspecified atom stereocenters. The summed E-state index contributed by atoms with van der Waals surface area (Å²) in [4.78, 5) is 12.7. The van der Waals surface area contributed by atoms with Crippen molar-refractivity contribution in [2.75, 3.05) is 7.11 Å². The van der Waals surface area contributed by atoms with Crippen molar-refractivity contribution in [2.24, 2.45) is 0 Å². The molecule has 1 aliphatic carbocycles. The van der Waals surface area contributed by atoms with Gasteiger partial charge < -0.3 is 13.7 Å². The number of para-hydroxylation sites is 1. The Kier molecular flexibility index (Phi) is 5.28. The summed E-state index contributed by atoms with van der Waals surface area (Å²) in [5, 5.41) is 10.6. The molecular weight excluding hydrogens is 400 g/mol. The van der Waals surface area contributed by atoms with Crippen molar-refractivity contribution in [2.45, 2.75) is 38.6 Å². The van der Waals surface area contributed by atoms with Gasteiger partial charge in [0.2, 0.25) is 0 Å². The first kappa shape index (κ1) is 20.1. The second-order valence-electron chi connectivity index (χ2n) is 8.23. The molecule has 160 valence electrons. The molecule has 0 fully saturated rings. The highest BCUT2D eigenvalue weighted by Crippen LogP contribution is 2.35. The van der Waals surface area contributed by atoms with Crippen LogP contribution in [0.3, 0.4) is 0 Å². The number of hydrogen-bond donors (Lipinski definition) is 0. The first-order chi connectivity index (χ1) is 15.7. The molecule has 0 aliphatic heterocycles. The molecule has 2 heterocycles. The van der Waals surface area contributed by atoms with Gasteiger partial charge >= 0.3 is 5.97 Å². The van der Waals surface area contributed by atoms with Gasteiger partial charge in [-0.25, -0.2) is 4.79 Å². The first-order valence-corrected chi connectivity index (χ1v) is 11.0. The number of fused-ring (bicyclic) bond motifs is 3. The smallest absolute Gasteiger partial charge is 0.340 e. The predicted octanol–water partition coefficient (Wildman–Crippen LogP) is 5.88. The molecule has 0 spiro atoms. The average molecular weight is 425 g/mol. The zero-order chi connectivity index (χ0) is 22.1. The number of hydrogen-bond acceptors (Lipinski definition) is 4. The van der Waals surface area contributed by atoms with Gasteiger partial charge in [-0.3, -0.25) is 0 Å². The van der Waals surface area contributed by atoms with Crippen LogP contribution < -0.4 is 0 Å². The number of benzene rings is 2. The first-order valence-electron chi connectivity index (χ1n) is 11.0. The van der Waals surface area contributed by atoms with E-state index < -0.39 is 0 Å². The highest BCUT2D eigenvalue weighted by molar-refractivity contribution is 6.04. The molecule has 2 aromatic heterocycles. The molecule has 4 aromatic rings. The number of aryl methyl sites for hydroxylation is 1. The zero-order valence-electron chi connectivity index (χ0n) is 18.1. The number of aromatic nitrogens is 1. The number of methoxy groups -OCH3 is 1. The summed E-state index contributed by atoms with van der Waals surface area (Å²) in [6.07, 6.45) is 7.11. The minimum atomic E-state index is -0.332. The Labute approximate surface area is 186 Å². The molecule has 5 heteroatoms.